The van der Waals surface area contributed by atoms with Crippen molar-refractivity contribution >= 4 is 5.84 Å². The van der Waals surface area contributed by atoms with Crippen molar-refractivity contribution in [1.82, 2.24) is 0 Å². The molecule has 116 valence electrons. The highest BCUT2D eigenvalue weighted by Gasteiger charge is 2.62. The second-order valence-electron chi connectivity index (χ2n) is 6.98. The summed E-state index contributed by atoms with van der Waals surface area (Å²) in [6, 6.07) is 0. The fraction of sp³-hybridized carbons (Fsp3) is 0.929. The molecule has 2 bridgehead atoms. The maximum absolute atomic E-state index is 12.8. The molecule has 3 nitrogen and oxygen atoms in total. The molecule has 2 saturated carbocycles. The topological polar surface area (TPSA) is 59.1 Å². The van der Waals surface area contributed by atoms with E-state index in [1.165, 1.54) is 0 Å². The number of fused-ring (bicyclic) bond motifs is 2. The predicted molar refractivity (Wildman–Crippen MR) is 70.4 cm³/mol. The van der Waals surface area contributed by atoms with E-state index in [9.17, 15) is 13.2 Å². The third-order valence-electron chi connectivity index (χ3n) is 5.95. The minimum Gasteiger partial charge on any atom is -0.387 e. The van der Waals surface area contributed by atoms with Gasteiger partial charge >= 0.3 is 6.18 Å². The molecule has 4 unspecified atom stereocenters. The van der Waals surface area contributed by atoms with Crippen molar-refractivity contribution < 1.29 is 17.9 Å². The third-order valence-corrected chi connectivity index (χ3v) is 5.95. The molecular formula is C14H23F3N2O. The van der Waals surface area contributed by atoms with Crippen LogP contribution in [-0.2, 0) is 4.74 Å². The molecule has 0 saturated heterocycles. The molecule has 0 spiro atoms. The lowest BCUT2D eigenvalue weighted by Crippen LogP contribution is -2.42. The number of rotatable bonds is 4. The number of ether oxygens (including phenoxy) is 1. The molecule has 0 aromatic heterocycles. The number of hydrogen-bond donors (Lipinski definition) is 2. The van der Waals surface area contributed by atoms with E-state index in [0.717, 1.165) is 19.3 Å². The van der Waals surface area contributed by atoms with Crippen LogP contribution in [0.5, 0.6) is 0 Å². The first-order chi connectivity index (χ1) is 9.00. The van der Waals surface area contributed by atoms with E-state index in [1.807, 2.05) is 0 Å². The molecule has 0 heterocycles. The Kier molecular flexibility index (Phi) is 3.60. The zero-order valence-corrected chi connectivity index (χ0v) is 12.2. The van der Waals surface area contributed by atoms with Gasteiger partial charge in [0, 0.05) is 0 Å². The van der Waals surface area contributed by atoms with Gasteiger partial charge in [0.1, 0.15) is 11.8 Å². The summed E-state index contributed by atoms with van der Waals surface area (Å²) in [6.45, 7) is 5.93. The van der Waals surface area contributed by atoms with Crippen LogP contribution in [0.1, 0.15) is 40.0 Å². The van der Waals surface area contributed by atoms with Crippen LogP contribution in [0.2, 0.25) is 0 Å². The summed E-state index contributed by atoms with van der Waals surface area (Å²) >= 11 is 0. The van der Waals surface area contributed by atoms with Gasteiger partial charge in [-0.05, 0) is 36.0 Å². The molecule has 2 aliphatic rings. The van der Waals surface area contributed by atoms with E-state index < -0.39 is 24.5 Å². The molecule has 0 aromatic rings. The molecular weight excluding hydrogens is 269 g/mol. The van der Waals surface area contributed by atoms with Gasteiger partial charge in [-0.15, -0.1) is 0 Å². The third kappa shape index (κ3) is 2.22. The van der Waals surface area contributed by atoms with Gasteiger partial charge in [0.2, 0.25) is 0 Å². The first-order valence-electron chi connectivity index (χ1n) is 7.02. The highest BCUT2D eigenvalue weighted by Crippen LogP contribution is 2.66. The Morgan fingerprint density at radius 3 is 2.35 bits per heavy atom. The van der Waals surface area contributed by atoms with Crippen molar-refractivity contribution in [2.75, 3.05) is 6.61 Å². The number of hydrogen-bond acceptors (Lipinski definition) is 2. The molecule has 3 N–H and O–H groups in total. The lowest BCUT2D eigenvalue weighted by Gasteiger charge is -2.39. The summed E-state index contributed by atoms with van der Waals surface area (Å²) in [5.74, 6) is -2.35. The minimum absolute atomic E-state index is 0.0788. The molecule has 6 heteroatoms. The number of nitrogens with two attached hydrogens (primary N) is 1. The van der Waals surface area contributed by atoms with Crippen LogP contribution in [0.15, 0.2) is 0 Å². The van der Waals surface area contributed by atoms with Crippen molar-refractivity contribution in [3.05, 3.63) is 0 Å². The van der Waals surface area contributed by atoms with E-state index in [2.05, 4.69) is 20.8 Å². The number of alkyl halides is 3. The van der Waals surface area contributed by atoms with Gasteiger partial charge in [0.25, 0.3) is 0 Å². The molecule has 0 amide bonds. The fourth-order valence-corrected chi connectivity index (χ4v) is 3.96. The van der Waals surface area contributed by atoms with Gasteiger partial charge in [-0.2, -0.15) is 13.2 Å². The Morgan fingerprint density at radius 1 is 1.40 bits per heavy atom. The molecule has 2 aliphatic carbocycles. The highest BCUT2D eigenvalue weighted by atomic mass is 19.4. The van der Waals surface area contributed by atoms with E-state index in [0.29, 0.717) is 5.92 Å². The van der Waals surface area contributed by atoms with Crippen LogP contribution in [0.3, 0.4) is 0 Å². The standard InChI is InChI=1S/C14H23F3N2O/c1-12(2)8-4-5-13(12,3)10(6-8)20-7-9(11(18)19)14(15,16)17/h8-10H,4-7H2,1-3H3,(H3,18,19). The zero-order valence-electron chi connectivity index (χ0n) is 12.2. The largest absolute Gasteiger partial charge is 0.400 e. The smallest absolute Gasteiger partial charge is 0.387 e. The van der Waals surface area contributed by atoms with Gasteiger partial charge in [-0.25, -0.2) is 0 Å². The first kappa shape index (κ1) is 15.6. The first-order valence-corrected chi connectivity index (χ1v) is 7.02. The quantitative estimate of drug-likeness (QED) is 0.617. The average molecular weight is 292 g/mol. The minimum atomic E-state index is -4.51. The van der Waals surface area contributed by atoms with Crippen molar-refractivity contribution in [2.45, 2.75) is 52.3 Å². The summed E-state index contributed by atoms with van der Waals surface area (Å²) in [7, 11) is 0. The SMILES string of the molecule is CC1(C)C2CCC1(C)C(OCC(C(=N)N)C(F)(F)F)C2. The average Bonchev–Trinajstić information content (AvgIpc) is 2.59. The predicted octanol–water partition coefficient (Wildman–Crippen LogP) is 3.33. The van der Waals surface area contributed by atoms with Crippen molar-refractivity contribution in [3.8, 4) is 0 Å². The van der Waals surface area contributed by atoms with E-state index >= 15 is 0 Å². The molecule has 2 fully saturated rings. The maximum Gasteiger partial charge on any atom is 0.400 e. The summed E-state index contributed by atoms with van der Waals surface area (Å²) in [6.07, 6.45) is -1.75. The summed E-state index contributed by atoms with van der Waals surface area (Å²) < 4.78 is 43.9. The second-order valence-corrected chi connectivity index (χ2v) is 6.98. The molecule has 0 aliphatic heterocycles. The highest BCUT2D eigenvalue weighted by molar-refractivity contribution is 5.80. The van der Waals surface area contributed by atoms with Crippen molar-refractivity contribution in [1.29, 1.82) is 5.41 Å². The molecule has 0 radical (unpaired) electrons. The van der Waals surface area contributed by atoms with Gasteiger partial charge in [0.05, 0.1) is 12.7 Å². The van der Waals surface area contributed by atoms with Crippen LogP contribution in [-0.4, -0.2) is 24.7 Å². The maximum atomic E-state index is 12.8. The van der Waals surface area contributed by atoms with Crippen LogP contribution in [0.25, 0.3) is 0 Å². The molecule has 4 atom stereocenters. The fourth-order valence-electron chi connectivity index (χ4n) is 3.96. The number of halogens is 3. The molecule has 0 aromatic carbocycles. The number of nitrogens with one attached hydrogen (secondary N) is 1. The van der Waals surface area contributed by atoms with Gasteiger partial charge < -0.3 is 10.5 Å². The lowest BCUT2D eigenvalue weighted by molar-refractivity contribution is -0.178. The molecule has 20 heavy (non-hydrogen) atoms. The van der Waals surface area contributed by atoms with Crippen LogP contribution >= 0.6 is 0 Å². The summed E-state index contributed by atoms with van der Waals surface area (Å²) in [5, 5.41) is 7.09. The van der Waals surface area contributed by atoms with E-state index in [-0.39, 0.29) is 16.9 Å². The Hall–Kier alpha value is -0.780. The Labute approximate surface area is 117 Å². The zero-order chi connectivity index (χ0) is 15.3. The Morgan fingerprint density at radius 2 is 2.00 bits per heavy atom. The Bertz CT molecular complexity index is 408. The van der Waals surface area contributed by atoms with Crippen molar-refractivity contribution in [3.63, 3.8) is 0 Å². The van der Waals surface area contributed by atoms with E-state index in [4.69, 9.17) is 15.9 Å². The van der Waals surface area contributed by atoms with Gasteiger partial charge in [-0.1, -0.05) is 20.8 Å². The number of amidine groups is 1. The monoisotopic (exact) mass is 292 g/mol. The van der Waals surface area contributed by atoms with Gasteiger partial charge in [0.15, 0.2) is 0 Å². The molecule has 2 rings (SSSR count). The normalized spacial score (nSPS) is 37.1. The second kappa shape index (κ2) is 4.61. The van der Waals surface area contributed by atoms with Crippen LogP contribution in [0, 0.1) is 28.1 Å². The summed E-state index contributed by atoms with van der Waals surface area (Å²) in [5.41, 5.74) is 5.07. The lowest BCUT2D eigenvalue weighted by atomic mass is 9.70. The Balaban J connectivity index is 2.04. The van der Waals surface area contributed by atoms with Crippen molar-refractivity contribution in [2.24, 2.45) is 28.4 Å². The van der Waals surface area contributed by atoms with Crippen LogP contribution < -0.4 is 5.73 Å². The van der Waals surface area contributed by atoms with E-state index in [1.54, 1.807) is 0 Å². The van der Waals surface area contributed by atoms with Gasteiger partial charge in [-0.3, -0.25) is 5.41 Å². The van der Waals surface area contributed by atoms with Crippen LogP contribution in [0.4, 0.5) is 13.2 Å². The summed E-state index contributed by atoms with van der Waals surface area (Å²) in [4.78, 5) is 0.